The summed E-state index contributed by atoms with van der Waals surface area (Å²) in [7, 11) is 0. The maximum absolute atomic E-state index is 13.0. The number of pyridine rings is 1. The molecule has 40 heavy (non-hydrogen) atoms. The Hall–Kier alpha value is -3.97. The number of anilines is 1. The van der Waals surface area contributed by atoms with Gasteiger partial charge in [0.05, 0.1) is 23.5 Å². The van der Waals surface area contributed by atoms with Crippen molar-refractivity contribution in [3.05, 3.63) is 112 Å². The van der Waals surface area contributed by atoms with E-state index in [0.29, 0.717) is 18.1 Å². The molecule has 1 amide bonds. The number of para-hydroxylation sites is 1. The standard InChI is InChI=1S/C33H37N5OS/c1-6-25-11-9-10-22(3)31(25)38-23(4)20-27(24(38)5)32-30(28-12-7-8-18-34-28)36-33(40)37(32)19-17-29(39)35-26-15-13-21(2)14-16-26/h7-16,18,20,30,32H,6,17,19H2,1-5H3,(H,35,39)(H,36,40)/t30-,32-/m0/s1. The number of carbonyl (C=O) groups is 1. The van der Waals surface area contributed by atoms with Crippen LogP contribution in [0.2, 0.25) is 0 Å². The van der Waals surface area contributed by atoms with Crippen LogP contribution in [0.15, 0.2) is 72.9 Å². The predicted molar refractivity (Wildman–Crippen MR) is 166 cm³/mol. The van der Waals surface area contributed by atoms with Gasteiger partial charge in [-0.05, 0) is 93.4 Å². The number of hydrogen-bond donors (Lipinski definition) is 2. The number of nitrogens with zero attached hydrogens (tertiary/aromatic N) is 3. The molecule has 1 aliphatic rings. The summed E-state index contributed by atoms with van der Waals surface area (Å²) in [6, 6.07) is 22.4. The minimum atomic E-state index is -0.134. The van der Waals surface area contributed by atoms with Gasteiger partial charge in [0.15, 0.2) is 5.11 Å². The summed E-state index contributed by atoms with van der Waals surface area (Å²) in [6.45, 7) is 11.3. The van der Waals surface area contributed by atoms with Crippen molar-refractivity contribution in [2.24, 2.45) is 0 Å². The molecule has 2 aromatic heterocycles. The van der Waals surface area contributed by atoms with Gasteiger partial charge in [0.25, 0.3) is 0 Å². The first-order valence-electron chi connectivity index (χ1n) is 13.9. The number of nitrogens with one attached hydrogen (secondary N) is 2. The van der Waals surface area contributed by atoms with Crippen LogP contribution in [0.5, 0.6) is 0 Å². The molecule has 2 aromatic carbocycles. The lowest BCUT2D eigenvalue weighted by molar-refractivity contribution is -0.116. The maximum atomic E-state index is 13.0. The van der Waals surface area contributed by atoms with Crippen LogP contribution in [-0.4, -0.2) is 32.0 Å². The maximum Gasteiger partial charge on any atom is 0.226 e. The fourth-order valence-electron chi connectivity index (χ4n) is 5.82. The lowest BCUT2D eigenvalue weighted by Gasteiger charge is -2.28. The van der Waals surface area contributed by atoms with Gasteiger partial charge in [-0.1, -0.05) is 48.9 Å². The van der Waals surface area contributed by atoms with E-state index in [1.807, 2.05) is 55.6 Å². The number of carbonyl (C=O) groups excluding carboxylic acids is 1. The minimum absolute atomic E-state index is 0.0374. The molecule has 0 aliphatic carbocycles. The largest absolute Gasteiger partial charge is 0.352 e. The molecule has 7 heteroatoms. The number of aryl methyl sites for hydroxylation is 4. The Bertz CT molecular complexity index is 1530. The van der Waals surface area contributed by atoms with Gasteiger partial charge in [-0.3, -0.25) is 9.78 Å². The Morgan fingerprint density at radius 3 is 2.50 bits per heavy atom. The molecule has 1 fully saturated rings. The fraction of sp³-hybridized carbons (Fsp3) is 0.303. The van der Waals surface area contributed by atoms with Crippen molar-refractivity contribution in [1.82, 2.24) is 19.8 Å². The smallest absolute Gasteiger partial charge is 0.226 e. The van der Waals surface area contributed by atoms with Gasteiger partial charge in [-0.15, -0.1) is 0 Å². The molecule has 1 saturated heterocycles. The van der Waals surface area contributed by atoms with Crippen molar-refractivity contribution in [3.8, 4) is 5.69 Å². The van der Waals surface area contributed by atoms with Gasteiger partial charge >= 0.3 is 0 Å². The zero-order valence-corrected chi connectivity index (χ0v) is 24.7. The highest BCUT2D eigenvalue weighted by atomic mass is 32.1. The zero-order chi connectivity index (χ0) is 28.4. The third-order valence-electron chi connectivity index (χ3n) is 7.83. The first-order chi connectivity index (χ1) is 19.3. The molecule has 1 aliphatic heterocycles. The van der Waals surface area contributed by atoms with E-state index in [2.05, 4.69) is 77.0 Å². The van der Waals surface area contributed by atoms with E-state index in [9.17, 15) is 4.79 Å². The number of rotatable bonds is 8. The van der Waals surface area contributed by atoms with E-state index in [-0.39, 0.29) is 18.0 Å². The monoisotopic (exact) mass is 551 g/mol. The third kappa shape index (κ3) is 5.39. The third-order valence-corrected chi connectivity index (χ3v) is 8.18. The van der Waals surface area contributed by atoms with E-state index in [1.54, 1.807) is 0 Å². The van der Waals surface area contributed by atoms with E-state index in [1.165, 1.54) is 33.8 Å². The molecule has 6 nitrogen and oxygen atoms in total. The van der Waals surface area contributed by atoms with Crippen LogP contribution in [0.3, 0.4) is 0 Å². The topological polar surface area (TPSA) is 62.2 Å². The average molecular weight is 552 g/mol. The molecule has 4 aromatic rings. The summed E-state index contributed by atoms with van der Waals surface area (Å²) in [5.41, 5.74) is 10.2. The highest BCUT2D eigenvalue weighted by Crippen LogP contribution is 2.42. The normalized spacial score (nSPS) is 16.7. The van der Waals surface area contributed by atoms with Crippen molar-refractivity contribution < 1.29 is 4.79 Å². The first kappa shape index (κ1) is 27.6. The average Bonchev–Trinajstić information content (AvgIpc) is 3.43. The van der Waals surface area contributed by atoms with Crippen molar-refractivity contribution in [2.45, 2.75) is 59.5 Å². The van der Waals surface area contributed by atoms with E-state index >= 15 is 0 Å². The highest BCUT2D eigenvalue weighted by molar-refractivity contribution is 7.80. The van der Waals surface area contributed by atoms with Crippen LogP contribution in [0, 0.1) is 27.7 Å². The molecule has 0 radical (unpaired) electrons. The molecular weight excluding hydrogens is 514 g/mol. The fourth-order valence-corrected chi connectivity index (χ4v) is 6.16. The van der Waals surface area contributed by atoms with Crippen LogP contribution >= 0.6 is 12.2 Å². The Labute approximate surface area is 242 Å². The molecule has 0 unspecified atom stereocenters. The van der Waals surface area contributed by atoms with Crippen molar-refractivity contribution >= 4 is 28.9 Å². The van der Waals surface area contributed by atoms with Gasteiger partial charge in [0.1, 0.15) is 0 Å². The van der Waals surface area contributed by atoms with Gasteiger partial charge in [0, 0.05) is 36.2 Å². The van der Waals surface area contributed by atoms with Crippen LogP contribution in [0.1, 0.15) is 64.8 Å². The second-order valence-corrected chi connectivity index (χ2v) is 11.0. The van der Waals surface area contributed by atoms with Crippen molar-refractivity contribution in [3.63, 3.8) is 0 Å². The Morgan fingerprint density at radius 1 is 1.02 bits per heavy atom. The zero-order valence-electron chi connectivity index (χ0n) is 23.9. The number of thiocarbonyl (C=S) groups is 1. The summed E-state index contributed by atoms with van der Waals surface area (Å²) >= 11 is 5.88. The summed E-state index contributed by atoms with van der Waals surface area (Å²) in [4.78, 5) is 19.8. The van der Waals surface area contributed by atoms with Crippen molar-refractivity contribution in [1.29, 1.82) is 0 Å². The number of aromatic nitrogens is 2. The van der Waals surface area contributed by atoms with Gasteiger partial charge in [-0.25, -0.2) is 0 Å². The molecule has 0 bridgehead atoms. The minimum Gasteiger partial charge on any atom is -0.352 e. The van der Waals surface area contributed by atoms with Crippen LogP contribution in [0.25, 0.3) is 5.69 Å². The summed E-state index contributed by atoms with van der Waals surface area (Å²) in [5.74, 6) is -0.0374. The van der Waals surface area contributed by atoms with E-state index < -0.39 is 0 Å². The molecule has 0 saturated carbocycles. The molecule has 5 rings (SSSR count). The molecular formula is C33H37N5OS. The van der Waals surface area contributed by atoms with Crippen LogP contribution < -0.4 is 10.6 Å². The number of benzene rings is 2. The van der Waals surface area contributed by atoms with Crippen molar-refractivity contribution in [2.75, 3.05) is 11.9 Å². The first-order valence-corrected chi connectivity index (χ1v) is 14.3. The Morgan fingerprint density at radius 2 is 1.80 bits per heavy atom. The summed E-state index contributed by atoms with van der Waals surface area (Å²) in [6.07, 6.45) is 3.09. The Kier molecular flexibility index (Phi) is 8.03. The SMILES string of the molecule is CCc1cccc(C)c1-n1c(C)cc([C@H]2[C@H](c3ccccn3)NC(=S)N2CCC(=O)Nc2ccc(C)cc2)c1C. The lowest BCUT2D eigenvalue weighted by atomic mass is 9.96. The predicted octanol–water partition coefficient (Wildman–Crippen LogP) is 6.67. The second-order valence-electron chi connectivity index (χ2n) is 10.6. The highest BCUT2D eigenvalue weighted by Gasteiger charge is 2.41. The summed E-state index contributed by atoms with van der Waals surface area (Å²) < 4.78 is 2.38. The number of hydrogen-bond acceptors (Lipinski definition) is 3. The Balaban J connectivity index is 1.50. The second kappa shape index (κ2) is 11.6. The van der Waals surface area contributed by atoms with Gasteiger partial charge in [0.2, 0.25) is 5.91 Å². The lowest BCUT2D eigenvalue weighted by Crippen LogP contribution is -2.32. The molecule has 2 atom stereocenters. The van der Waals surface area contributed by atoms with Crippen LogP contribution in [0.4, 0.5) is 5.69 Å². The van der Waals surface area contributed by atoms with E-state index in [0.717, 1.165) is 23.4 Å². The number of amides is 1. The molecule has 206 valence electrons. The summed E-state index contributed by atoms with van der Waals surface area (Å²) in [5, 5.41) is 7.19. The van der Waals surface area contributed by atoms with Crippen LogP contribution in [-0.2, 0) is 11.2 Å². The molecule has 2 N–H and O–H groups in total. The van der Waals surface area contributed by atoms with Gasteiger partial charge in [-0.2, -0.15) is 0 Å². The quantitative estimate of drug-likeness (QED) is 0.240. The van der Waals surface area contributed by atoms with Gasteiger partial charge < -0.3 is 20.1 Å². The molecule has 3 heterocycles. The molecule has 0 spiro atoms. The van der Waals surface area contributed by atoms with E-state index in [4.69, 9.17) is 12.2 Å².